The number of piperidine rings is 3. The number of benzene rings is 3. The van der Waals surface area contributed by atoms with Gasteiger partial charge in [0.2, 0.25) is 35.4 Å². The monoisotopic (exact) mass is 985 g/mol. The number of nitrogen functional groups attached to an aromatic ring is 1. The molecule has 25 heteroatoms. The zero-order valence-corrected chi connectivity index (χ0v) is 36.6. The number of imide groups is 3. The lowest BCUT2D eigenvalue weighted by Crippen LogP contribution is -2.52. The molecule has 3 fully saturated rings. The van der Waals surface area contributed by atoms with Gasteiger partial charge >= 0.3 is 5.97 Å². The molecule has 0 spiro atoms. The van der Waals surface area contributed by atoms with E-state index in [0.29, 0.717) is 48.2 Å². The summed E-state index contributed by atoms with van der Waals surface area (Å²) in [6.45, 7) is 0.338. The molecule has 8 amide bonds. The lowest BCUT2D eigenvalue weighted by molar-refractivity contribution is -0.385. The number of alkyl halides is 1. The number of hydrogen-bond acceptors (Lipinski definition) is 16. The van der Waals surface area contributed by atoms with Gasteiger partial charge in [-0.15, -0.1) is 12.4 Å². The largest absolute Gasteiger partial charge is 0.465 e. The van der Waals surface area contributed by atoms with Crippen molar-refractivity contribution in [2.45, 2.75) is 75.1 Å². The second-order valence-corrected chi connectivity index (χ2v) is 15.0. The van der Waals surface area contributed by atoms with Crippen molar-refractivity contribution in [2.24, 2.45) is 5.73 Å². The van der Waals surface area contributed by atoms with E-state index in [1.165, 1.54) is 53.3 Å². The van der Waals surface area contributed by atoms with Crippen molar-refractivity contribution >= 4 is 98.6 Å². The normalized spacial score (nSPS) is 19.5. The van der Waals surface area contributed by atoms with Crippen molar-refractivity contribution in [2.75, 3.05) is 12.8 Å². The summed E-state index contributed by atoms with van der Waals surface area (Å²) in [5.41, 5.74) is 13.9. The molecule has 5 aliphatic rings. The highest BCUT2D eigenvalue weighted by Gasteiger charge is 2.42. The summed E-state index contributed by atoms with van der Waals surface area (Å²) in [5.74, 6) is -3.36. The zero-order valence-electron chi connectivity index (χ0n) is 34.2. The molecule has 0 bridgehead atoms. The predicted octanol–water partition coefficient (Wildman–Crippen LogP) is 1.83. The molecular formula is C40H41BrClN9O14. The smallest absolute Gasteiger partial charge is 0.338 e. The number of carbonyl (C=O) groups excluding carboxylic acids is 9. The van der Waals surface area contributed by atoms with Crippen molar-refractivity contribution in [3.8, 4) is 0 Å². The first-order chi connectivity index (χ1) is 30.4. The van der Waals surface area contributed by atoms with Crippen molar-refractivity contribution in [3.05, 3.63) is 108 Å². The number of carbonyl (C=O) groups is 9. The number of nitro benzene ring substituents is 2. The van der Waals surface area contributed by atoms with Gasteiger partial charge in [0.1, 0.15) is 12.1 Å². The Bertz CT molecular complexity index is 2490. The van der Waals surface area contributed by atoms with Crippen LogP contribution in [-0.4, -0.2) is 98.1 Å². The highest BCUT2D eigenvalue weighted by molar-refractivity contribution is 9.08. The van der Waals surface area contributed by atoms with E-state index < -0.39 is 51.7 Å². The van der Waals surface area contributed by atoms with Gasteiger partial charge in [-0.05, 0) is 43.5 Å². The molecule has 5 aliphatic heterocycles. The molecule has 0 saturated carbocycles. The predicted molar refractivity (Wildman–Crippen MR) is 231 cm³/mol. The number of hydrogen-bond donors (Lipinski definition) is 5. The van der Waals surface area contributed by atoms with Crippen LogP contribution in [0.25, 0.3) is 0 Å². The van der Waals surface area contributed by atoms with Crippen molar-refractivity contribution in [3.63, 3.8) is 0 Å². The number of anilines is 1. The Morgan fingerprint density at radius 3 is 1.60 bits per heavy atom. The maximum atomic E-state index is 12.3. The molecule has 3 atom stereocenters. The van der Waals surface area contributed by atoms with Crippen LogP contribution in [0.3, 0.4) is 0 Å². The Morgan fingerprint density at radius 1 is 0.708 bits per heavy atom. The Hall–Kier alpha value is -7.18. The highest BCUT2D eigenvalue weighted by Crippen LogP contribution is 2.34. The van der Waals surface area contributed by atoms with E-state index in [1.807, 2.05) is 0 Å². The summed E-state index contributed by atoms with van der Waals surface area (Å²) in [6.07, 6.45) is 1.85. The Balaban J connectivity index is 0.000000196. The van der Waals surface area contributed by atoms with E-state index in [9.17, 15) is 63.4 Å². The maximum Gasteiger partial charge on any atom is 0.338 e. The fraction of sp³-hybridized carbons (Fsp3) is 0.325. The Kier molecular flexibility index (Phi) is 17.0. The first-order valence-electron chi connectivity index (χ1n) is 19.3. The summed E-state index contributed by atoms with van der Waals surface area (Å²) in [5, 5.41) is 28.5. The lowest BCUT2D eigenvalue weighted by atomic mass is 10.0. The number of methoxy groups -OCH3 is 1. The van der Waals surface area contributed by atoms with E-state index >= 15 is 0 Å². The van der Waals surface area contributed by atoms with Crippen LogP contribution in [0.5, 0.6) is 0 Å². The molecule has 3 aromatic rings. The van der Waals surface area contributed by atoms with Gasteiger partial charge in [0.25, 0.3) is 23.2 Å². The minimum Gasteiger partial charge on any atom is -0.465 e. The van der Waals surface area contributed by atoms with Crippen LogP contribution >= 0.6 is 28.3 Å². The van der Waals surface area contributed by atoms with E-state index in [2.05, 4.69) is 36.6 Å². The molecule has 8 rings (SSSR count). The SMILES string of the molecule is COC(=O)c1cccc([N+](=O)[O-])c1CBr.Cl.NC1CCC(=O)NC1=O.Nc1cccc2c1CN(C1CCC(=O)NC1=O)C2=O.O=C1CCC(N2Cc3c(cccc3[N+](=O)[O-])C2=O)C(=O)N1. The van der Waals surface area contributed by atoms with Crippen molar-refractivity contribution in [1.29, 1.82) is 0 Å². The van der Waals surface area contributed by atoms with E-state index in [1.54, 1.807) is 18.2 Å². The number of ether oxygens (including phenoxy) is 1. The molecule has 5 heterocycles. The summed E-state index contributed by atoms with van der Waals surface area (Å²) < 4.78 is 4.53. The highest BCUT2D eigenvalue weighted by atomic mass is 79.9. The van der Waals surface area contributed by atoms with Crippen LogP contribution in [0.2, 0.25) is 0 Å². The number of nitrogens with zero attached hydrogens (tertiary/aromatic N) is 4. The van der Waals surface area contributed by atoms with E-state index in [0.717, 1.165) is 5.56 Å². The zero-order chi connectivity index (χ0) is 47.0. The fourth-order valence-corrected chi connectivity index (χ4v) is 7.84. The molecule has 3 saturated heterocycles. The molecular weight excluding hydrogens is 946 g/mol. The number of rotatable bonds is 6. The number of halogens is 2. The third-order valence-electron chi connectivity index (χ3n) is 10.5. The number of esters is 1. The molecule has 3 unspecified atom stereocenters. The third kappa shape index (κ3) is 11.5. The molecule has 7 N–H and O–H groups in total. The quantitative estimate of drug-likeness (QED) is 0.0587. The maximum absolute atomic E-state index is 12.3. The summed E-state index contributed by atoms with van der Waals surface area (Å²) in [4.78, 5) is 126. The van der Waals surface area contributed by atoms with Crippen LogP contribution < -0.4 is 27.4 Å². The molecule has 0 radical (unpaired) electrons. The Morgan fingerprint density at radius 2 is 1.15 bits per heavy atom. The first-order valence-corrected chi connectivity index (χ1v) is 20.4. The molecule has 65 heavy (non-hydrogen) atoms. The van der Waals surface area contributed by atoms with Gasteiger partial charge in [-0.25, -0.2) is 4.79 Å². The number of nitro groups is 2. The topological polar surface area (TPSA) is 344 Å². The second-order valence-electron chi connectivity index (χ2n) is 14.5. The van der Waals surface area contributed by atoms with Gasteiger partial charge in [-0.2, -0.15) is 0 Å². The Labute approximate surface area is 382 Å². The van der Waals surface area contributed by atoms with E-state index in [-0.39, 0.29) is 95.6 Å². The summed E-state index contributed by atoms with van der Waals surface area (Å²) >= 11 is 3.11. The van der Waals surface area contributed by atoms with Gasteiger partial charge in [-0.3, -0.25) is 74.5 Å². The van der Waals surface area contributed by atoms with Gasteiger partial charge in [-0.1, -0.05) is 34.1 Å². The van der Waals surface area contributed by atoms with Gasteiger partial charge in [0.05, 0.1) is 51.8 Å². The van der Waals surface area contributed by atoms with Gasteiger partial charge < -0.3 is 26.0 Å². The van der Waals surface area contributed by atoms with Gasteiger partial charge in [0.15, 0.2) is 0 Å². The molecule has 344 valence electrons. The fourth-order valence-electron chi connectivity index (χ4n) is 7.25. The molecule has 3 aromatic carbocycles. The lowest BCUT2D eigenvalue weighted by Gasteiger charge is -2.29. The van der Waals surface area contributed by atoms with Gasteiger partial charge in [0, 0.05) is 60.1 Å². The number of amides is 8. The van der Waals surface area contributed by atoms with Crippen molar-refractivity contribution < 1.29 is 57.7 Å². The standard InChI is InChI=1S/C13H11N3O5.C13H13N3O3.C9H8BrNO4.C5H8N2O2.ClH/c17-11-5-4-10(12(18)14-11)15-6-8-7(13(15)19)2-1-3-9(8)16(20)21;14-9-3-1-2-7-8(9)6-16(13(7)19)10-4-5-11(17)15-12(10)18;1-15-9(12)6-3-2-4-8(11(13)14)7(6)5-10;6-3-1-2-4(8)7-5(3)9;/h1-3,10H,4-6H2,(H,14,17,18);1-3,10H,4-6,14H2,(H,15,17,18);2-4H,5H2,1H3;3H,1-2,6H2,(H,7,8,9);1H. The van der Waals surface area contributed by atoms with E-state index in [4.69, 9.17) is 11.5 Å². The van der Waals surface area contributed by atoms with Crippen LogP contribution in [0.15, 0.2) is 54.6 Å². The first kappa shape index (κ1) is 50.5. The summed E-state index contributed by atoms with van der Waals surface area (Å²) in [7, 11) is 1.24. The number of fused-ring (bicyclic) bond motifs is 2. The minimum absolute atomic E-state index is 0. The number of nitrogens with one attached hydrogen (secondary N) is 3. The van der Waals surface area contributed by atoms with Crippen LogP contribution in [0, 0.1) is 20.2 Å². The molecule has 0 aromatic heterocycles. The van der Waals surface area contributed by atoms with Crippen LogP contribution in [0.1, 0.15) is 86.3 Å². The summed E-state index contributed by atoms with van der Waals surface area (Å²) in [6, 6.07) is 11.9. The van der Waals surface area contributed by atoms with Crippen molar-refractivity contribution in [1.82, 2.24) is 25.8 Å². The molecule has 23 nitrogen and oxygen atoms in total. The number of nitrogens with two attached hydrogens (primary N) is 2. The third-order valence-corrected chi connectivity index (χ3v) is 11.1. The average Bonchev–Trinajstić information content (AvgIpc) is 3.78. The second kappa shape index (κ2) is 21.9. The average molecular weight is 987 g/mol. The molecule has 0 aliphatic carbocycles. The van der Waals surface area contributed by atoms with Crippen LogP contribution in [-0.2, 0) is 51.9 Å². The minimum atomic E-state index is -0.762. The van der Waals surface area contributed by atoms with Crippen LogP contribution in [0.4, 0.5) is 17.1 Å².